The summed E-state index contributed by atoms with van der Waals surface area (Å²) >= 11 is 36.4. The maximum Gasteiger partial charge on any atom is 0.216 e. The van der Waals surface area contributed by atoms with E-state index in [0.29, 0.717) is 11.1 Å². The average Bonchev–Trinajstić information content (AvgIpc) is 3.08. The molecule has 0 saturated heterocycles. The van der Waals surface area contributed by atoms with Crippen molar-refractivity contribution in [2.75, 3.05) is 0 Å². The van der Waals surface area contributed by atoms with Crippen molar-refractivity contribution in [3.8, 4) is 0 Å². The topological polar surface area (TPSA) is 0 Å². The van der Waals surface area contributed by atoms with Crippen LogP contribution >= 0.6 is 69.6 Å². The molecule has 0 aromatic heterocycles. The van der Waals surface area contributed by atoms with Crippen molar-refractivity contribution in [1.82, 2.24) is 0 Å². The van der Waals surface area contributed by atoms with Crippen LogP contribution in [-0.4, -0.2) is 0 Å². The molecular formula is C20H12Cl6. The monoisotopic (exact) mass is 462 g/mol. The lowest BCUT2D eigenvalue weighted by Gasteiger charge is -2.18. The second-order valence-corrected chi connectivity index (χ2v) is 10.3. The third-order valence-electron chi connectivity index (χ3n) is 3.91. The van der Waals surface area contributed by atoms with E-state index < -0.39 is 7.59 Å². The first kappa shape index (κ1) is 20.1. The van der Waals surface area contributed by atoms with Gasteiger partial charge < -0.3 is 0 Å². The maximum absolute atomic E-state index is 6.06. The van der Waals surface area contributed by atoms with Gasteiger partial charge in [0.25, 0.3) is 0 Å². The summed E-state index contributed by atoms with van der Waals surface area (Å²) < 4.78 is -3.01. The molecule has 0 nitrogen and oxygen atoms in total. The quantitative estimate of drug-likeness (QED) is 0.392. The Labute approximate surface area is 182 Å². The zero-order valence-electron chi connectivity index (χ0n) is 13.2. The Balaban J connectivity index is 2.20. The van der Waals surface area contributed by atoms with Crippen LogP contribution in [0.1, 0.15) is 22.3 Å². The molecule has 0 bridgehead atoms. The summed E-state index contributed by atoms with van der Waals surface area (Å²) in [6.07, 6.45) is 7.96. The summed E-state index contributed by atoms with van der Waals surface area (Å²) in [6, 6.07) is 14.9. The average molecular weight is 465 g/mol. The first-order valence-electron chi connectivity index (χ1n) is 7.60. The highest BCUT2D eigenvalue weighted by atomic mass is 35.6. The number of hydrogen-bond donors (Lipinski definition) is 0. The molecule has 0 aliphatic heterocycles. The van der Waals surface area contributed by atoms with Crippen molar-refractivity contribution in [2.45, 2.75) is 7.59 Å². The van der Waals surface area contributed by atoms with Gasteiger partial charge in [-0.25, -0.2) is 0 Å². The summed E-state index contributed by atoms with van der Waals surface area (Å²) in [4.78, 5) is 0. The molecule has 0 unspecified atom stereocenters. The minimum Gasteiger partial charge on any atom is -0.0784 e. The third kappa shape index (κ3) is 4.62. The molecule has 0 heterocycles. The van der Waals surface area contributed by atoms with Crippen LogP contribution in [0.5, 0.6) is 0 Å². The van der Waals surface area contributed by atoms with Crippen molar-refractivity contribution < 1.29 is 0 Å². The Hall–Kier alpha value is -0.600. The van der Waals surface area contributed by atoms with Gasteiger partial charge in [0.2, 0.25) is 7.59 Å². The summed E-state index contributed by atoms with van der Waals surface area (Å²) in [6.45, 7) is 0. The molecule has 0 N–H and O–H groups in total. The smallest absolute Gasteiger partial charge is 0.0784 e. The minimum absolute atomic E-state index is 0.585. The van der Waals surface area contributed by atoms with Gasteiger partial charge >= 0.3 is 0 Å². The summed E-state index contributed by atoms with van der Waals surface area (Å²) in [7, 11) is 0. The molecule has 0 spiro atoms. The Morgan fingerprint density at radius 3 is 1.42 bits per heavy atom. The first-order chi connectivity index (χ1) is 12.2. The fraction of sp³-hybridized carbons (Fsp3) is 0.100. The van der Waals surface area contributed by atoms with Gasteiger partial charge in [-0.3, -0.25) is 0 Å². The molecule has 0 saturated carbocycles. The largest absolute Gasteiger partial charge is 0.216 e. The van der Waals surface area contributed by atoms with E-state index in [0.717, 1.165) is 22.3 Å². The lowest BCUT2D eigenvalue weighted by atomic mass is 9.91. The van der Waals surface area contributed by atoms with Crippen LogP contribution in [0.4, 0.5) is 0 Å². The van der Waals surface area contributed by atoms with Crippen molar-refractivity contribution in [2.24, 2.45) is 0 Å². The molecule has 26 heavy (non-hydrogen) atoms. The van der Waals surface area contributed by atoms with Gasteiger partial charge in [0.05, 0.1) is 0 Å². The maximum atomic E-state index is 6.06. The van der Waals surface area contributed by atoms with Crippen molar-refractivity contribution >= 4 is 75.2 Å². The molecule has 1 aliphatic carbocycles. The van der Waals surface area contributed by atoms with Crippen molar-refractivity contribution in [1.29, 1.82) is 0 Å². The van der Waals surface area contributed by atoms with Crippen LogP contribution in [0, 0.1) is 0 Å². The third-order valence-corrected chi connectivity index (χ3v) is 5.22. The van der Waals surface area contributed by atoms with E-state index in [4.69, 9.17) is 69.6 Å². The molecule has 0 amide bonds. The number of allylic oxidation sites excluding steroid dienone is 5. The van der Waals surface area contributed by atoms with Gasteiger partial charge in [0, 0.05) is 11.1 Å². The summed E-state index contributed by atoms with van der Waals surface area (Å²) in [5, 5.41) is 0. The van der Waals surface area contributed by atoms with E-state index in [-0.39, 0.29) is 0 Å². The number of halogens is 6. The van der Waals surface area contributed by atoms with Gasteiger partial charge in [0.15, 0.2) is 0 Å². The van der Waals surface area contributed by atoms with Gasteiger partial charge in [-0.2, -0.15) is 0 Å². The number of hydrogen-bond acceptors (Lipinski definition) is 0. The zero-order chi connectivity index (χ0) is 18.9. The molecule has 2 aromatic carbocycles. The molecule has 3 rings (SSSR count). The SMILES string of the molecule is ClC(Cl)(Cl)c1cccc(C(=C2C=CC=C2)c2cccc(C(Cl)(Cl)Cl)c2)c1. The number of benzene rings is 2. The minimum atomic E-state index is -1.51. The van der Waals surface area contributed by atoms with Gasteiger partial charge in [-0.05, 0) is 34.4 Å². The highest BCUT2D eigenvalue weighted by molar-refractivity contribution is 6.67. The van der Waals surface area contributed by atoms with Crippen LogP contribution in [0.25, 0.3) is 5.57 Å². The Bertz CT molecular complexity index is 837. The normalized spacial score (nSPS) is 14.2. The molecule has 134 valence electrons. The van der Waals surface area contributed by atoms with Crippen LogP contribution in [0.3, 0.4) is 0 Å². The van der Waals surface area contributed by atoms with Crippen LogP contribution in [-0.2, 0) is 7.59 Å². The Morgan fingerprint density at radius 2 is 1.04 bits per heavy atom. The molecule has 2 aromatic rings. The predicted molar refractivity (Wildman–Crippen MR) is 116 cm³/mol. The second kappa shape index (κ2) is 7.80. The van der Waals surface area contributed by atoms with E-state index in [2.05, 4.69) is 0 Å². The molecule has 0 radical (unpaired) electrons. The standard InChI is InChI=1S/C20H12Cl6/c21-19(22,23)16-9-3-7-14(11-16)18(13-5-1-2-6-13)15-8-4-10-17(12-15)20(24,25)26/h1-12H. The van der Waals surface area contributed by atoms with Crippen LogP contribution < -0.4 is 0 Å². The van der Waals surface area contributed by atoms with Crippen molar-refractivity contribution in [3.63, 3.8) is 0 Å². The highest BCUT2D eigenvalue weighted by Crippen LogP contribution is 2.42. The first-order valence-corrected chi connectivity index (χ1v) is 9.87. The predicted octanol–water partition coefficient (Wildman–Crippen LogP) is 8.27. The highest BCUT2D eigenvalue weighted by Gasteiger charge is 2.25. The Morgan fingerprint density at radius 1 is 0.615 bits per heavy atom. The van der Waals surface area contributed by atoms with Crippen LogP contribution in [0.2, 0.25) is 0 Å². The fourth-order valence-electron chi connectivity index (χ4n) is 2.74. The Kier molecular flexibility index (Phi) is 6.04. The lowest BCUT2D eigenvalue weighted by molar-refractivity contribution is 1.23. The van der Waals surface area contributed by atoms with Gasteiger partial charge in [0.1, 0.15) is 0 Å². The van der Waals surface area contributed by atoms with Gasteiger partial charge in [-0.15, -0.1) is 0 Å². The fourth-order valence-corrected chi connectivity index (χ4v) is 3.45. The van der Waals surface area contributed by atoms with E-state index in [1.807, 2.05) is 60.7 Å². The zero-order valence-corrected chi connectivity index (χ0v) is 17.7. The van der Waals surface area contributed by atoms with E-state index in [1.165, 1.54) is 0 Å². The van der Waals surface area contributed by atoms with E-state index in [9.17, 15) is 0 Å². The molecule has 0 atom stereocenters. The van der Waals surface area contributed by atoms with E-state index >= 15 is 0 Å². The molecule has 1 aliphatic rings. The second-order valence-electron chi connectivity index (χ2n) is 5.71. The molecular weight excluding hydrogens is 453 g/mol. The van der Waals surface area contributed by atoms with Gasteiger partial charge in [-0.1, -0.05) is 130 Å². The number of alkyl halides is 6. The lowest BCUT2D eigenvalue weighted by Crippen LogP contribution is -2.03. The molecule has 6 heteroatoms. The molecule has 0 fully saturated rings. The summed E-state index contributed by atoms with van der Waals surface area (Å²) in [5.74, 6) is 0. The summed E-state index contributed by atoms with van der Waals surface area (Å²) in [5.41, 5.74) is 4.96. The number of rotatable bonds is 2. The van der Waals surface area contributed by atoms with Crippen molar-refractivity contribution in [3.05, 3.63) is 101 Å². The van der Waals surface area contributed by atoms with E-state index in [1.54, 1.807) is 12.1 Å². The van der Waals surface area contributed by atoms with Crippen LogP contribution in [0.15, 0.2) is 78.4 Å².